The van der Waals surface area contributed by atoms with Crippen molar-refractivity contribution in [3.63, 3.8) is 0 Å². The fourth-order valence-electron chi connectivity index (χ4n) is 3.55. The van der Waals surface area contributed by atoms with Crippen LogP contribution in [0.25, 0.3) is 0 Å². The van der Waals surface area contributed by atoms with Gasteiger partial charge < -0.3 is 14.8 Å². The Morgan fingerprint density at radius 2 is 1.85 bits per heavy atom. The molecule has 0 fully saturated rings. The molecule has 2 amide bonds. The van der Waals surface area contributed by atoms with E-state index < -0.39 is 18.2 Å². The van der Waals surface area contributed by atoms with Gasteiger partial charge in [-0.1, -0.05) is 46.3 Å². The number of methoxy groups -OCH3 is 1. The number of nitrogens with one attached hydrogen (secondary N) is 2. The largest absolute Gasteiger partial charge is 0.497 e. The van der Waals surface area contributed by atoms with Crippen molar-refractivity contribution in [2.75, 3.05) is 12.4 Å². The molecule has 0 saturated heterocycles. The lowest BCUT2D eigenvalue weighted by molar-refractivity contribution is -0.132. The molecule has 4 rings (SSSR count). The fraction of sp³-hybridized carbons (Fsp3) is 0.200. The standard InChI is InChI=1S/C25H24BrN3O4/c1-15-6-4-5-7-22(15)33-16(2)24(30)28-29-23(17-8-11-19(32-3)12-9-17)27-21-13-10-18(26)14-20(21)25(29)31/h4-14,16,23,27H,1-3H3,(H,28,30). The maximum atomic E-state index is 13.4. The highest BCUT2D eigenvalue weighted by Crippen LogP contribution is 2.34. The summed E-state index contributed by atoms with van der Waals surface area (Å²) in [6.45, 7) is 3.56. The Morgan fingerprint density at radius 3 is 2.55 bits per heavy atom. The van der Waals surface area contributed by atoms with E-state index in [1.54, 1.807) is 26.2 Å². The van der Waals surface area contributed by atoms with Crippen LogP contribution in [-0.2, 0) is 4.79 Å². The van der Waals surface area contributed by atoms with Crippen LogP contribution in [0.2, 0.25) is 0 Å². The van der Waals surface area contributed by atoms with Gasteiger partial charge >= 0.3 is 0 Å². The lowest BCUT2D eigenvalue weighted by Crippen LogP contribution is -2.55. The number of anilines is 1. The first-order valence-corrected chi connectivity index (χ1v) is 11.2. The van der Waals surface area contributed by atoms with Crippen LogP contribution in [0.15, 0.2) is 71.2 Å². The number of carbonyl (C=O) groups is 2. The van der Waals surface area contributed by atoms with Gasteiger partial charge in [-0.3, -0.25) is 15.0 Å². The zero-order chi connectivity index (χ0) is 23.5. The molecule has 33 heavy (non-hydrogen) atoms. The number of carbonyl (C=O) groups excluding carboxylic acids is 2. The SMILES string of the molecule is COc1ccc(C2Nc3ccc(Br)cc3C(=O)N2NC(=O)C(C)Oc2ccccc2C)cc1. The molecule has 2 unspecified atom stereocenters. The van der Waals surface area contributed by atoms with E-state index in [-0.39, 0.29) is 5.91 Å². The number of amides is 2. The van der Waals surface area contributed by atoms with Crippen LogP contribution in [0.1, 0.15) is 34.6 Å². The first kappa shape index (κ1) is 22.7. The number of hydrazine groups is 1. The molecule has 0 spiro atoms. The van der Waals surface area contributed by atoms with Crippen LogP contribution in [0, 0.1) is 6.92 Å². The molecule has 3 aromatic carbocycles. The second-order valence-electron chi connectivity index (χ2n) is 7.69. The highest BCUT2D eigenvalue weighted by molar-refractivity contribution is 9.10. The lowest BCUT2D eigenvalue weighted by atomic mass is 10.0. The summed E-state index contributed by atoms with van der Waals surface area (Å²) in [5, 5.41) is 4.65. The van der Waals surface area contributed by atoms with Crippen LogP contribution >= 0.6 is 15.9 Å². The number of aryl methyl sites for hydroxylation is 1. The highest BCUT2D eigenvalue weighted by atomic mass is 79.9. The molecule has 1 heterocycles. The third kappa shape index (κ3) is 4.80. The number of fused-ring (bicyclic) bond motifs is 1. The molecule has 0 saturated carbocycles. The van der Waals surface area contributed by atoms with Crippen molar-refractivity contribution < 1.29 is 19.1 Å². The van der Waals surface area contributed by atoms with E-state index in [0.717, 1.165) is 15.6 Å². The van der Waals surface area contributed by atoms with Crippen LogP contribution in [0.4, 0.5) is 5.69 Å². The van der Waals surface area contributed by atoms with E-state index in [2.05, 4.69) is 26.7 Å². The summed E-state index contributed by atoms with van der Waals surface area (Å²) in [6.07, 6.45) is -1.44. The summed E-state index contributed by atoms with van der Waals surface area (Å²) in [4.78, 5) is 26.5. The van der Waals surface area contributed by atoms with Crippen LogP contribution < -0.4 is 20.2 Å². The quantitative estimate of drug-likeness (QED) is 0.497. The molecule has 3 aromatic rings. The number of nitrogens with zero attached hydrogens (tertiary/aromatic N) is 1. The average Bonchev–Trinajstić information content (AvgIpc) is 2.82. The summed E-state index contributed by atoms with van der Waals surface area (Å²) in [7, 11) is 1.59. The van der Waals surface area contributed by atoms with Crippen molar-refractivity contribution >= 4 is 33.4 Å². The Morgan fingerprint density at radius 1 is 1.12 bits per heavy atom. The zero-order valence-corrected chi connectivity index (χ0v) is 20.0. The van der Waals surface area contributed by atoms with E-state index in [1.165, 1.54) is 5.01 Å². The third-order valence-electron chi connectivity index (χ3n) is 5.41. The summed E-state index contributed by atoms with van der Waals surface area (Å²) in [5.74, 6) is 0.540. The number of benzene rings is 3. The summed E-state index contributed by atoms with van der Waals surface area (Å²) >= 11 is 3.41. The van der Waals surface area contributed by atoms with Crippen molar-refractivity contribution in [1.29, 1.82) is 0 Å². The summed E-state index contributed by atoms with van der Waals surface area (Å²) in [5.41, 5.74) is 5.58. The van der Waals surface area contributed by atoms with Crippen molar-refractivity contribution in [3.05, 3.63) is 87.9 Å². The maximum absolute atomic E-state index is 13.4. The molecule has 1 aliphatic rings. The van der Waals surface area contributed by atoms with Gasteiger partial charge in [0.15, 0.2) is 6.10 Å². The Labute approximate surface area is 200 Å². The van der Waals surface area contributed by atoms with Gasteiger partial charge in [0.2, 0.25) is 0 Å². The zero-order valence-electron chi connectivity index (χ0n) is 18.5. The van der Waals surface area contributed by atoms with E-state index in [0.29, 0.717) is 22.7 Å². The molecule has 8 heteroatoms. The molecule has 7 nitrogen and oxygen atoms in total. The van der Waals surface area contributed by atoms with Crippen molar-refractivity contribution in [2.45, 2.75) is 26.1 Å². The monoisotopic (exact) mass is 509 g/mol. The average molecular weight is 510 g/mol. The van der Waals surface area contributed by atoms with Gasteiger partial charge in [0, 0.05) is 10.2 Å². The fourth-order valence-corrected chi connectivity index (χ4v) is 3.92. The number of para-hydroxylation sites is 1. The van der Waals surface area contributed by atoms with Crippen LogP contribution in [0.3, 0.4) is 0 Å². The topological polar surface area (TPSA) is 79.9 Å². The number of rotatable bonds is 6. The Kier molecular flexibility index (Phi) is 6.55. The molecule has 0 bridgehead atoms. The van der Waals surface area contributed by atoms with Crippen LogP contribution in [0.5, 0.6) is 11.5 Å². The molecule has 0 aliphatic carbocycles. The molecule has 170 valence electrons. The number of halogens is 1. The van der Waals surface area contributed by atoms with Crippen LogP contribution in [-0.4, -0.2) is 30.0 Å². The highest BCUT2D eigenvalue weighted by Gasteiger charge is 2.35. The summed E-state index contributed by atoms with van der Waals surface area (Å²) in [6, 6.07) is 20.2. The number of ether oxygens (including phenoxy) is 2. The minimum Gasteiger partial charge on any atom is -0.497 e. The Hall–Kier alpha value is -3.52. The van der Waals surface area contributed by atoms with E-state index >= 15 is 0 Å². The smallest absolute Gasteiger partial charge is 0.279 e. The van der Waals surface area contributed by atoms with Gasteiger partial charge in [-0.15, -0.1) is 0 Å². The van der Waals surface area contributed by atoms with Gasteiger partial charge in [-0.25, -0.2) is 5.01 Å². The van der Waals surface area contributed by atoms with Gasteiger partial charge in [0.05, 0.1) is 12.7 Å². The van der Waals surface area contributed by atoms with Crippen molar-refractivity contribution in [3.8, 4) is 11.5 Å². The van der Waals surface area contributed by atoms with E-state index in [1.807, 2.05) is 61.5 Å². The molecule has 2 atom stereocenters. The second kappa shape index (κ2) is 9.54. The molecule has 1 aliphatic heterocycles. The summed E-state index contributed by atoms with van der Waals surface area (Å²) < 4.78 is 11.9. The molecular weight excluding hydrogens is 486 g/mol. The van der Waals surface area contributed by atoms with E-state index in [4.69, 9.17) is 9.47 Å². The first-order chi connectivity index (χ1) is 15.9. The van der Waals surface area contributed by atoms with Crippen molar-refractivity contribution in [1.82, 2.24) is 10.4 Å². The minimum atomic E-state index is -0.820. The molecular formula is C25H24BrN3O4. The third-order valence-corrected chi connectivity index (χ3v) is 5.90. The van der Waals surface area contributed by atoms with Gasteiger partial charge in [-0.05, 0) is 61.4 Å². The number of hydrogen-bond donors (Lipinski definition) is 2. The lowest BCUT2D eigenvalue weighted by Gasteiger charge is -2.38. The van der Waals surface area contributed by atoms with E-state index in [9.17, 15) is 9.59 Å². The number of hydrogen-bond acceptors (Lipinski definition) is 5. The predicted molar refractivity (Wildman–Crippen MR) is 129 cm³/mol. The second-order valence-corrected chi connectivity index (χ2v) is 8.60. The molecule has 0 aromatic heterocycles. The van der Waals surface area contributed by atoms with Gasteiger partial charge in [-0.2, -0.15) is 0 Å². The maximum Gasteiger partial charge on any atom is 0.279 e. The predicted octanol–water partition coefficient (Wildman–Crippen LogP) is 4.83. The minimum absolute atomic E-state index is 0.331. The normalized spacial score (nSPS) is 15.8. The molecule has 0 radical (unpaired) electrons. The Balaban J connectivity index is 1.62. The Bertz CT molecular complexity index is 1180. The van der Waals surface area contributed by atoms with Gasteiger partial charge in [0.1, 0.15) is 17.7 Å². The first-order valence-electron chi connectivity index (χ1n) is 10.4. The van der Waals surface area contributed by atoms with Crippen molar-refractivity contribution in [2.24, 2.45) is 0 Å². The molecule has 2 N–H and O–H groups in total. The van der Waals surface area contributed by atoms with Gasteiger partial charge in [0.25, 0.3) is 11.8 Å².